The first-order valence-corrected chi connectivity index (χ1v) is 9.24. The molecule has 2 heterocycles. The highest BCUT2D eigenvalue weighted by Crippen LogP contribution is 2.40. The predicted molar refractivity (Wildman–Crippen MR) is 110 cm³/mol. The van der Waals surface area contributed by atoms with Gasteiger partial charge in [-0.15, -0.1) is 0 Å². The number of carbonyl (C=O) groups is 1. The van der Waals surface area contributed by atoms with Gasteiger partial charge in [-0.3, -0.25) is 9.69 Å². The third-order valence-electron chi connectivity index (χ3n) is 4.87. The van der Waals surface area contributed by atoms with Gasteiger partial charge in [-0.25, -0.2) is 9.97 Å². The zero-order chi connectivity index (χ0) is 19.1. The van der Waals surface area contributed by atoms with Crippen molar-refractivity contribution >= 4 is 39.9 Å². The Kier molecular flexibility index (Phi) is 3.95. The van der Waals surface area contributed by atoms with E-state index in [0.717, 1.165) is 28.0 Å². The number of rotatable bonds is 2. The minimum absolute atomic E-state index is 0.120. The minimum Gasteiger partial charge on any atom is -0.327 e. The third kappa shape index (κ3) is 2.68. The molecule has 1 amide bonds. The minimum atomic E-state index is -0.419. The van der Waals surface area contributed by atoms with Gasteiger partial charge in [0.2, 0.25) is 0 Å². The molecule has 5 nitrogen and oxygen atoms in total. The summed E-state index contributed by atoms with van der Waals surface area (Å²) in [5, 5.41) is 4.66. The average molecular weight is 387 g/mol. The quantitative estimate of drug-likeness (QED) is 0.534. The van der Waals surface area contributed by atoms with Crippen LogP contribution in [0.4, 0.5) is 11.5 Å². The molecule has 136 valence electrons. The van der Waals surface area contributed by atoms with Crippen LogP contribution in [0.15, 0.2) is 79.1 Å². The average Bonchev–Trinajstić information content (AvgIpc) is 2.74. The van der Waals surface area contributed by atoms with E-state index in [1.807, 2.05) is 77.7 Å². The van der Waals surface area contributed by atoms with Gasteiger partial charge >= 0.3 is 0 Å². The zero-order valence-corrected chi connectivity index (χ0v) is 15.5. The van der Waals surface area contributed by atoms with E-state index in [1.54, 1.807) is 6.33 Å². The van der Waals surface area contributed by atoms with Crippen molar-refractivity contribution in [3.8, 4) is 0 Å². The van der Waals surface area contributed by atoms with Crippen LogP contribution in [0.5, 0.6) is 0 Å². The lowest BCUT2D eigenvalue weighted by Gasteiger charge is -2.38. The summed E-state index contributed by atoms with van der Waals surface area (Å²) >= 11 is 6.07. The maximum Gasteiger partial charge on any atom is 0.255 e. The Hall–Kier alpha value is -3.44. The fraction of sp³-hybridized carbons (Fsp3) is 0.0455. The van der Waals surface area contributed by atoms with Gasteiger partial charge in [-0.2, -0.15) is 0 Å². The number of aromatic nitrogens is 2. The second-order valence-electron chi connectivity index (χ2n) is 6.53. The highest BCUT2D eigenvalue weighted by Gasteiger charge is 2.34. The number of nitrogens with one attached hydrogen (secondary N) is 1. The number of nitrogens with zero attached hydrogens (tertiary/aromatic N) is 3. The van der Waals surface area contributed by atoms with Crippen molar-refractivity contribution in [1.82, 2.24) is 15.3 Å². The highest BCUT2D eigenvalue weighted by atomic mass is 35.5. The number of halogens is 1. The maximum atomic E-state index is 12.8. The predicted octanol–water partition coefficient (Wildman–Crippen LogP) is 4.86. The molecule has 1 N–H and O–H groups in total. The molecule has 1 atom stereocenters. The van der Waals surface area contributed by atoms with Crippen LogP contribution in [-0.2, 0) is 0 Å². The number of hydrogen-bond donors (Lipinski definition) is 1. The topological polar surface area (TPSA) is 58.1 Å². The van der Waals surface area contributed by atoms with Crippen molar-refractivity contribution in [2.45, 2.75) is 6.17 Å². The van der Waals surface area contributed by atoms with Gasteiger partial charge in [-0.1, -0.05) is 48.0 Å². The van der Waals surface area contributed by atoms with Crippen LogP contribution in [-0.4, -0.2) is 15.9 Å². The fourth-order valence-corrected chi connectivity index (χ4v) is 3.70. The Labute approximate surface area is 166 Å². The van der Waals surface area contributed by atoms with Gasteiger partial charge in [0.25, 0.3) is 5.91 Å². The SMILES string of the molecule is O=C1NC(c2ccc(Cl)cc2)N(c2ncnc3ccccc23)c2ccccc21. The molecule has 0 aliphatic carbocycles. The van der Waals surface area contributed by atoms with Gasteiger partial charge < -0.3 is 5.32 Å². The Bertz CT molecular complexity index is 1190. The largest absolute Gasteiger partial charge is 0.327 e. The summed E-state index contributed by atoms with van der Waals surface area (Å²) in [5.74, 6) is 0.614. The normalized spacial score (nSPS) is 16.0. The van der Waals surface area contributed by atoms with E-state index < -0.39 is 6.17 Å². The lowest BCUT2D eigenvalue weighted by atomic mass is 10.0. The van der Waals surface area contributed by atoms with Crippen molar-refractivity contribution in [2.75, 3.05) is 4.90 Å². The molecule has 5 rings (SSSR count). The molecule has 0 saturated heterocycles. The van der Waals surface area contributed by atoms with E-state index in [0.29, 0.717) is 10.6 Å². The Morgan fingerprint density at radius 2 is 1.64 bits per heavy atom. The van der Waals surface area contributed by atoms with Crippen molar-refractivity contribution < 1.29 is 4.79 Å². The van der Waals surface area contributed by atoms with E-state index in [1.165, 1.54) is 0 Å². The molecule has 4 aromatic rings. The number of benzene rings is 3. The zero-order valence-electron chi connectivity index (χ0n) is 14.7. The summed E-state index contributed by atoms with van der Waals surface area (Å²) in [6, 6.07) is 22.9. The lowest BCUT2D eigenvalue weighted by molar-refractivity contribution is 0.0929. The number of anilines is 2. The van der Waals surface area contributed by atoms with E-state index in [-0.39, 0.29) is 5.91 Å². The van der Waals surface area contributed by atoms with Crippen LogP contribution in [0.1, 0.15) is 22.1 Å². The molecule has 28 heavy (non-hydrogen) atoms. The second kappa shape index (κ2) is 6.62. The number of hydrogen-bond acceptors (Lipinski definition) is 4. The molecule has 0 fully saturated rings. The molecule has 0 saturated carbocycles. The molecule has 0 radical (unpaired) electrons. The fourth-order valence-electron chi connectivity index (χ4n) is 3.58. The maximum absolute atomic E-state index is 12.8. The van der Waals surface area contributed by atoms with Crippen LogP contribution < -0.4 is 10.2 Å². The smallest absolute Gasteiger partial charge is 0.255 e. The molecule has 0 bridgehead atoms. The monoisotopic (exact) mass is 386 g/mol. The van der Waals surface area contributed by atoms with Gasteiger partial charge in [0.05, 0.1) is 16.8 Å². The van der Waals surface area contributed by atoms with E-state index >= 15 is 0 Å². The first-order chi connectivity index (χ1) is 13.7. The highest BCUT2D eigenvalue weighted by molar-refractivity contribution is 6.30. The lowest BCUT2D eigenvalue weighted by Crippen LogP contribution is -2.44. The van der Waals surface area contributed by atoms with Crippen LogP contribution >= 0.6 is 11.6 Å². The van der Waals surface area contributed by atoms with Crippen molar-refractivity contribution in [2.24, 2.45) is 0 Å². The number of fused-ring (bicyclic) bond motifs is 2. The van der Waals surface area contributed by atoms with Crippen LogP contribution in [0.3, 0.4) is 0 Å². The Morgan fingerprint density at radius 1 is 0.893 bits per heavy atom. The van der Waals surface area contributed by atoms with Crippen LogP contribution in [0.2, 0.25) is 5.02 Å². The number of para-hydroxylation sites is 2. The first kappa shape index (κ1) is 16.7. The van der Waals surface area contributed by atoms with E-state index in [4.69, 9.17) is 11.6 Å². The molecule has 1 aliphatic rings. The van der Waals surface area contributed by atoms with Crippen LogP contribution in [0.25, 0.3) is 10.9 Å². The van der Waals surface area contributed by atoms with Crippen molar-refractivity contribution in [3.05, 3.63) is 95.3 Å². The summed E-state index contributed by atoms with van der Waals surface area (Å²) in [5.41, 5.74) is 3.16. The molecular formula is C22H15ClN4O. The standard InChI is InChI=1S/C22H15ClN4O/c23-15-11-9-14(10-12-15)20-26-22(28)17-6-2-4-8-19(17)27(20)21-16-5-1-3-7-18(16)24-13-25-21/h1-13,20H,(H,26,28). The molecule has 1 unspecified atom stereocenters. The van der Waals surface area contributed by atoms with Crippen molar-refractivity contribution in [3.63, 3.8) is 0 Å². The molecule has 0 spiro atoms. The van der Waals surface area contributed by atoms with Gasteiger partial charge in [-0.05, 0) is 42.0 Å². The third-order valence-corrected chi connectivity index (χ3v) is 5.12. The summed E-state index contributed by atoms with van der Waals surface area (Å²) < 4.78 is 0. The van der Waals surface area contributed by atoms with Gasteiger partial charge in [0.15, 0.2) is 0 Å². The molecule has 6 heteroatoms. The summed E-state index contributed by atoms with van der Waals surface area (Å²) in [6.07, 6.45) is 1.13. The molecule has 1 aromatic heterocycles. The molecular weight excluding hydrogens is 372 g/mol. The summed E-state index contributed by atoms with van der Waals surface area (Å²) in [7, 11) is 0. The van der Waals surface area contributed by atoms with Gasteiger partial charge in [0, 0.05) is 10.4 Å². The number of carbonyl (C=O) groups excluding carboxylic acids is 1. The Balaban J connectivity index is 1.77. The van der Waals surface area contributed by atoms with Crippen LogP contribution in [0, 0.1) is 0 Å². The Morgan fingerprint density at radius 3 is 2.50 bits per heavy atom. The van der Waals surface area contributed by atoms with E-state index in [9.17, 15) is 4.79 Å². The van der Waals surface area contributed by atoms with E-state index in [2.05, 4.69) is 15.3 Å². The second-order valence-corrected chi connectivity index (χ2v) is 6.97. The summed E-state index contributed by atoms with van der Waals surface area (Å²) in [4.78, 5) is 23.8. The molecule has 3 aromatic carbocycles. The first-order valence-electron chi connectivity index (χ1n) is 8.87. The molecule has 1 aliphatic heterocycles. The van der Waals surface area contributed by atoms with Crippen molar-refractivity contribution in [1.29, 1.82) is 0 Å². The number of amides is 1. The van der Waals surface area contributed by atoms with Gasteiger partial charge in [0.1, 0.15) is 18.3 Å². The summed E-state index contributed by atoms with van der Waals surface area (Å²) in [6.45, 7) is 0.